The summed E-state index contributed by atoms with van der Waals surface area (Å²) in [7, 11) is 2.98. The monoisotopic (exact) mass is 400 g/mol. The first-order valence-electron chi connectivity index (χ1n) is 9.91. The smallest absolute Gasteiger partial charge is 0.257 e. The molecule has 2 aromatic rings. The van der Waals surface area contributed by atoms with Crippen molar-refractivity contribution in [3.63, 3.8) is 0 Å². The van der Waals surface area contributed by atoms with Crippen molar-refractivity contribution in [2.45, 2.75) is 45.1 Å². The largest absolute Gasteiger partial charge is 0.493 e. The number of amides is 1. The van der Waals surface area contributed by atoms with Crippen molar-refractivity contribution in [2.24, 2.45) is 0 Å². The molecule has 1 amide bonds. The van der Waals surface area contributed by atoms with E-state index in [1.807, 2.05) is 6.92 Å². The molecule has 0 unspecified atom stereocenters. The van der Waals surface area contributed by atoms with Gasteiger partial charge in [0, 0.05) is 0 Å². The highest BCUT2D eigenvalue weighted by atomic mass is 16.5. The Bertz CT molecular complexity index is 900. The number of nitrogens with one attached hydrogen (secondary N) is 1. The standard InChI is InChI=1S/C21H28N4O4/c1-4-15-18(20(22)25(24-15)13-8-5-6-9-13)21(27)23-12-16(26)14-10-7-11-17(28-2)19(14)29-3/h7,10-11,13H,4-6,8-9,12,22H2,1-3H3,(H,23,27). The van der Waals surface area contributed by atoms with Crippen LogP contribution < -0.4 is 20.5 Å². The molecule has 8 nitrogen and oxygen atoms in total. The van der Waals surface area contributed by atoms with Crippen LogP contribution in [0.25, 0.3) is 0 Å². The van der Waals surface area contributed by atoms with E-state index in [0.29, 0.717) is 40.6 Å². The molecule has 0 radical (unpaired) electrons. The molecule has 29 heavy (non-hydrogen) atoms. The summed E-state index contributed by atoms with van der Waals surface area (Å²) in [6.45, 7) is 1.75. The number of benzene rings is 1. The van der Waals surface area contributed by atoms with Gasteiger partial charge in [-0.3, -0.25) is 9.59 Å². The molecule has 0 atom stereocenters. The van der Waals surface area contributed by atoms with E-state index in [0.717, 1.165) is 25.7 Å². The molecule has 1 fully saturated rings. The number of nitrogens with zero attached hydrogens (tertiary/aromatic N) is 2. The molecule has 8 heteroatoms. The van der Waals surface area contributed by atoms with E-state index in [1.165, 1.54) is 14.2 Å². The third-order valence-corrected chi connectivity index (χ3v) is 5.37. The zero-order valence-electron chi connectivity index (χ0n) is 17.2. The van der Waals surface area contributed by atoms with Gasteiger partial charge in [-0.25, -0.2) is 4.68 Å². The van der Waals surface area contributed by atoms with Crippen LogP contribution in [0, 0.1) is 0 Å². The number of carbonyl (C=O) groups is 2. The number of ketones is 1. The third kappa shape index (κ3) is 4.06. The minimum Gasteiger partial charge on any atom is -0.493 e. The maximum atomic E-state index is 12.8. The van der Waals surface area contributed by atoms with Gasteiger partial charge in [-0.15, -0.1) is 0 Å². The lowest BCUT2D eigenvalue weighted by atomic mass is 10.1. The fourth-order valence-electron chi connectivity index (χ4n) is 3.87. The van der Waals surface area contributed by atoms with Crippen molar-refractivity contribution in [1.29, 1.82) is 0 Å². The number of aryl methyl sites for hydroxylation is 1. The first kappa shape index (κ1) is 20.7. The van der Waals surface area contributed by atoms with Gasteiger partial charge in [0.1, 0.15) is 11.4 Å². The molecule has 0 aliphatic heterocycles. The van der Waals surface area contributed by atoms with Crippen molar-refractivity contribution >= 4 is 17.5 Å². The van der Waals surface area contributed by atoms with Crippen LogP contribution in [-0.4, -0.2) is 42.2 Å². The SMILES string of the molecule is CCc1nn(C2CCCC2)c(N)c1C(=O)NCC(=O)c1cccc(OC)c1OC. The van der Waals surface area contributed by atoms with Crippen LogP contribution in [-0.2, 0) is 6.42 Å². The topological polar surface area (TPSA) is 108 Å². The molecule has 1 saturated carbocycles. The van der Waals surface area contributed by atoms with Crippen LogP contribution in [0.5, 0.6) is 11.5 Å². The van der Waals surface area contributed by atoms with Crippen LogP contribution >= 0.6 is 0 Å². The third-order valence-electron chi connectivity index (χ3n) is 5.37. The lowest BCUT2D eigenvalue weighted by Crippen LogP contribution is -2.30. The normalized spacial score (nSPS) is 14.0. The molecular weight excluding hydrogens is 372 g/mol. The van der Waals surface area contributed by atoms with E-state index in [4.69, 9.17) is 15.2 Å². The van der Waals surface area contributed by atoms with E-state index in [2.05, 4.69) is 10.4 Å². The number of hydrogen-bond donors (Lipinski definition) is 2. The molecule has 3 rings (SSSR count). The summed E-state index contributed by atoms with van der Waals surface area (Å²) in [5.74, 6) is 0.502. The average molecular weight is 400 g/mol. The number of rotatable bonds is 8. The fourth-order valence-corrected chi connectivity index (χ4v) is 3.87. The molecule has 1 aromatic carbocycles. The zero-order chi connectivity index (χ0) is 21.0. The minimum absolute atomic E-state index is 0.181. The second-order valence-electron chi connectivity index (χ2n) is 7.09. The number of carbonyl (C=O) groups excluding carboxylic acids is 2. The molecule has 0 spiro atoms. The number of methoxy groups -OCH3 is 2. The first-order chi connectivity index (χ1) is 14.0. The van der Waals surface area contributed by atoms with Gasteiger partial charge in [-0.1, -0.05) is 25.8 Å². The lowest BCUT2D eigenvalue weighted by molar-refractivity contribution is 0.0902. The van der Waals surface area contributed by atoms with Gasteiger partial charge < -0.3 is 20.5 Å². The summed E-state index contributed by atoms with van der Waals surface area (Å²) < 4.78 is 12.3. The van der Waals surface area contributed by atoms with Gasteiger partial charge in [-0.05, 0) is 31.4 Å². The zero-order valence-corrected chi connectivity index (χ0v) is 17.2. The van der Waals surface area contributed by atoms with E-state index < -0.39 is 0 Å². The van der Waals surface area contributed by atoms with Crippen molar-refractivity contribution in [3.8, 4) is 11.5 Å². The maximum Gasteiger partial charge on any atom is 0.257 e. The number of nitrogens with two attached hydrogens (primary N) is 1. The number of hydrogen-bond acceptors (Lipinski definition) is 6. The molecular formula is C21H28N4O4. The van der Waals surface area contributed by atoms with Crippen LogP contribution in [0.15, 0.2) is 18.2 Å². The van der Waals surface area contributed by atoms with Gasteiger partial charge in [0.15, 0.2) is 17.3 Å². The Morgan fingerprint density at radius 1 is 1.24 bits per heavy atom. The summed E-state index contributed by atoms with van der Waals surface area (Å²) in [4.78, 5) is 25.5. The molecule has 1 aliphatic rings. The molecule has 1 aromatic heterocycles. The predicted octanol–water partition coefficient (Wildman–Crippen LogP) is 2.77. The molecule has 1 heterocycles. The van der Waals surface area contributed by atoms with E-state index in [1.54, 1.807) is 22.9 Å². The summed E-state index contributed by atoms with van der Waals surface area (Å²) in [6, 6.07) is 5.29. The molecule has 0 bridgehead atoms. The lowest BCUT2D eigenvalue weighted by Gasteiger charge is -2.13. The van der Waals surface area contributed by atoms with Gasteiger partial charge >= 0.3 is 0 Å². The van der Waals surface area contributed by atoms with Crippen molar-refractivity contribution in [2.75, 3.05) is 26.5 Å². The Balaban J connectivity index is 1.77. The summed E-state index contributed by atoms with van der Waals surface area (Å²) in [5, 5.41) is 7.26. The number of aromatic nitrogens is 2. The van der Waals surface area contributed by atoms with Crippen LogP contribution in [0.2, 0.25) is 0 Å². The average Bonchev–Trinajstić information content (AvgIpc) is 3.38. The summed E-state index contributed by atoms with van der Waals surface area (Å²) in [5.41, 5.74) is 7.64. The molecule has 0 saturated heterocycles. The minimum atomic E-state index is -0.390. The number of anilines is 1. The second kappa shape index (κ2) is 8.98. The quantitative estimate of drug-likeness (QED) is 0.660. The highest BCUT2D eigenvalue weighted by Crippen LogP contribution is 2.33. The number of ether oxygens (including phenoxy) is 2. The Hall–Kier alpha value is -3.03. The number of nitrogen functional groups attached to an aromatic ring is 1. The Morgan fingerprint density at radius 3 is 2.59 bits per heavy atom. The second-order valence-corrected chi connectivity index (χ2v) is 7.09. The van der Waals surface area contributed by atoms with Crippen LogP contribution in [0.1, 0.15) is 65.1 Å². The highest BCUT2D eigenvalue weighted by molar-refractivity contribution is 6.05. The van der Waals surface area contributed by atoms with Crippen LogP contribution in [0.4, 0.5) is 5.82 Å². The first-order valence-corrected chi connectivity index (χ1v) is 9.91. The molecule has 3 N–H and O–H groups in total. The van der Waals surface area contributed by atoms with Gasteiger partial charge in [0.25, 0.3) is 5.91 Å². The summed E-state index contributed by atoms with van der Waals surface area (Å²) in [6.07, 6.45) is 4.91. The Kier molecular flexibility index (Phi) is 6.41. The molecule has 1 aliphatic carbocycles. The van der Waals surface area contributed by atoms with Gasteiger partial charge in [0.2, 0.25) is 0 Å². The van der Waals surface area contributed by atoms with Crippen molar-refractivity contribution < 1.29 is 19.1 Å². The molecule has 156 valence electrons. The van der Waals surface area contributed by atoms with Crippen molar-refractivity contribution in [1.82, 2.24) is 15.1 Å². The Morgan fingerprint density at radius 2 is 1.97 bits per heavy atom. The summed E-state index contributed by atoms with van der Waals surface area (Å²) >= 11 is 0. The number of para-hydroxylation sites is 1. The van der Waals surface area contributed by atoms with E-state index >= 15 is 0 Å². The fraction of sp³-hybridized carbons (Fsp3) is 0.476. The highest BCUT2D eigenvalue weighted by Gasteiger charge is 2.27. The van der Waals surface area contributed by atoms with Gasteiger partial charge in [-0.2, -0.15) is 5.10 Å². The van der Waals surface area contributed by atoms with E-state index in [9.17, 15) is 9.59 Å². The maximum absolute atomic E-state index is 12.8. The predicted molar refractivity (Wildman–Crippen MR) is 110 cm³/mol. The Labute approximate surface area is 170 Å². The number of Topliss-reactive ketones (excluding diaryl/α,β-unsaturated/α-hetero) is 1. The van der Waals surface area contributed by atoms with Crippen molar-refractivity contribution in [3.05, 3.63) is 35.0 Å². The van der Waals surface area contributed by atoms with Crippen LogP contribution in [0.3, 0.4) is 0 Å². The van der Waals surface area contributed by atoms with Gasteiger partial charge in [0.05, 0.1) is 38.1 Å². The van der Waals surface area contributed by atoms with E-state index in [-0.39, 0.29) is 24.3 Å².